The number of anilines is 1. The molecule has 5 nitrogen and oxygen atoms in total. The molecule has 0 aliphatic heterocycles. The fraction of sp³-hybridized carbons (Fsp3) is 0.333. The van der Waals surface area contributed by atoms with Crippen molar-refractivity contribution in [3.63, 3.8) is 0 Å². The first-order chi connectivity index (χ1) is 12.2. The molecule has 0 radical (unpaired) electrons. The Morgan fingerprint density at radius 1 is 0.962 bits per heavy atom. The first kappa shape index (κ1) is 19.5. The van der Waals surface area contributed by atoms with Crippen molar-refractivity contribution in [1.29, 1.82) is 0 Å². The van der Waals surface area contributed by atoms with Crippen LogP contribution in [-0.4, -0.2) is 24.6 Å². The summed E-state index contributed by atoms with van der Waals surface area (Å²) < 4.78 is 10.6. The van der Waals surface area contributed by atoms with E-state index >= 15 is 0 Å². The Kier molecular flexibility index (Phi) is 6.39. The van der Waals surface area contributed by atoms with Crippen LogP contribution >= 0.6 is 0 Å². The highest BCUT2D eigenvalue weighted by Crippen LogP contribution is 2.18. The molecule has 0 bridgehead atoms. The lowest BCUT2D eigenvalue weighted by Crippen LogP contribution is -2.31. The number of hydrogen-bond acceptors (Lipinski definition) is 4. The minimum Gasteiger partial charge on any atom is -0.482 e. The molecule has 0 fully saturated rings. The Bertz CT molecular complexity index is 793. The van der Waals surface area contributed by atoms with Crippen LogP contribution in [-0.2, 0) is 14.3 Å². The van der Waals surface area contributed by atoms with E-state index in [-0.39, 0.29) is 12.5 Å². The number of ether oxygens (including phenoxy) is 2. The van der Waals surface area contributed by atoms with E-state index in [2.05, 4.69) is 5.32 Å². The second-order valence-electron chi connectivity index (χ2n) is 6.55. The van der Waals surface area contributed by atoms with E-state index in [1.165, 1.54) is 6.92 Å². The normalized spacial score (nSPS) is 11.6. The minimum atomic E-state index is -0.912. The van der Waals surface area contributed by atoms with Crippen molar-refractivity contribution < 1.29 is 19.1 Å². The van der Waals surface area contributed by atoms with Gasteiger partial charge >= 0.3 is 5.97 Å². The topological polar surface area (TPSA) is 64.6 Å². The SMILES string of the molecule is Cc1cc(C)cc(OCC(=O)O[C@@H](C)C(=O)Nc2cc(C)ccc2C)c1. The lowest BCUT2D eigenvalue weighted by molar-refractivity contribution is -0.155. The van der Waals surface area contributed by atoms with Gasteiger partial charge in [0.25, 0.3) is 5.91 Å². The minimum absolute atomic E-state index is 0.246. The van der Waals surface area contributed by atoms with Crippen molar-refractivity contribution in [2.75, 3.05) is 11.9 Å². The molecule has 2 aromatic carbocycles. The smallest absolute Gasteiger partial charge is 0.344 e. The van der Waals surface area contributed by atoms with Gasteiger partial charge in [-0.3, -0.25) is 4.79 Å². The second kappa shape index (κ2) is 8.52. The largest absolute Gasteiger partial charge is 0.482 e. The Morgan fingerprint density at radius 3 is 2.27 bits per heavy atom. The highest BCUT2D eigenvalue weighted by Gasteiger charge is 2.19. The molecule has 0 aliphatic rings. The summed E-state index contributed by atoms with van der Waals surface area (Å²) in [6, 6.07) is 11.5. The fourth-order valence-corrected chi connectivity index (χ4v) is 2.55. The molecule has 0 saturated carbocycles. The van der Waals surface area contributed by atoms with E-state index < -0.39 is 12.1 Å². The van der Waals surface area contributed by atoms with Gasteiger partial charge in [-0.05, 0) is 75.1 Å². The maximum absolute atomic E-state index is 12.2. The monoisotopic (exact) mass is 355 g/mol. The van der Waals surface area contributed by atoms with Gasteiger partial charge in [0, 0.05) is 5.69 Å². The van der Waals surface area contributed by atoms with E-state index in [0.29, 0.717) is 11.4 Å². The highest BCUT2D eigenvalue weighted by atomic mass is 16.6. The first-order valence-electron chi connectivity index (χ1n) is 8.53. The first-order valence-corrected chi connectivity index (χ1v) is 8.53. The number of benzene rings is 2. The van der Waals surface area contributed by atoms with Crippen LogP contribution in [0.3, 0.4) is 0 Å². The van der Waals surface area contributed by atoms with Crippen molar-refractivity contribution in [3.8, 4) is 5.75 Å². The number of rotatable bonds is 6. The summed E-state index contributed by atoms with van der Waals surface area (Å²) in [7, 11) is 0. The molecule has 1 atom stereocenters. The van der Waals surface area contributed by atoms with E-state index in [1.807, 2.05) is 64.1 Å². The van der Waals surface area contributed by atoms with Crippen LogP contribution in [0.25, 0.3) is 0 Å². The van der Waals surface area contributed by atoms with Crippen molar-refractivity contribution >= 4 is 17.6 Å². The van der Waals surface area contributed by atoms with Gasteiger partial charge in [0.2, 0.25) is 0 Å². The molecule has 0 saturated heterocycles. The average molecular weight is 355 g/mol. The van der Waals surface area contributed by atoms with Gasteiger partial charge in [-0.15, -0.1) is 0 Å². The Labute approximate surface area is 154 Å². The molecule has 5 heteroatoms. The molecule has 0 spiro atoms. The zero-order chi connectivity index (χ0) is 19.3. The quantitative estimate of drug-likeness (QED) is 0.799. The Morgan fingerprint density at radius 2 is 1.62 bits per heavy atom. The molecular formula is C21H25NO4. The maximum atomic E-state index is 12.2. The van der Waals surface area contributed by atoms with E-state index in [1.54, 1.807) is 0 Å². The summed E-state index contributed by atoms with van der Waals surface area (Å²) in [5.74, 6) is -0.363. The van der Waals surface area contributed by atoms with Gasteiger partial charge in [0.1, 0.15) is 5.75 Å². The number of carbonyl (C=O) groups is 2. The molecule has 2 aromatic rings. The van der Waals surface area contributed by atoms with Crippen LogP contribution in [0, 0.1) is 27.7 Å². The Hall–Kier alpha value is -2.82. The molecule has 0 aromatic heterocycles. The number of aryl methyl sites for hydroxylation is 4. The van der Waals surface area contributed by atoms with Crippen LogP contribution in [0.1, 0.15) is 29.2 Å². The third-order valence-corrected chi connectivity index (χ3v) is 3.88. The number of nitrogens with one attached hydrogen (secondary N) is 1. The summed E-state index contributed by atoms with van der Waals surface area (Å²) in [5, 5.41) is 2.79. The lowest BCUT2D eigenvalue weighted by atomic mass is 10.1. The summed E-state index contributed by atoms with van der Waals surface area (Å²) in [6.45, 7) is 9.06. The predicted molar refractivity (Wildman–Crippen MR) is 102 cm³/mol. The fourth-order valence-electron chi connectivity index (χ4n) is 2.55. The van der Waals surface area contributed by atoms with Gasteiger partial charge in [0.15, 0.2) is 12.7 Å². The van der Waals surface area contributed by atoms with Crippen molar-refractivity contribution in [2.45, 2.75) is 40.7 Å². The lowest BCUT2D eigenvalue weighted by Gasteiger charge is -2.15. The number of amides is 1. The highest BCUT2D eigenvalue weighted by molar-refractivity contribution is 5.95. The molecule has 1 N–H and O–H groups in total. The van der Waals surface area contributed by atoms with Gasteiger partial charge in [-0.25, -0.2) is 4.79 Å². The standard InChI is InChI=1S/C21H25NO4/c1-13-6-7-16(4)19(11-13)22-21(24)17(5)26-20(23)12-25-18-9-14(2)8-15(3)10-18/h6-11,17H,12H2,1-5H3,(H,22,24)/t17-/m0/s1. The van der Waals surface area contributed by atoms with E-state index in [0.717, 1.165) is 22.3 Å². The van der Waals surface area contributed by atoms with Gasteiger partial charge in [-0.2, -0.15) is 0 Å². The van der Waals surface area contributed by atoms with Crippen LogP contribution in [0.15, 0.2) is 36.4 Å². The summed E-state index contributed by atoms with van der Waals surface area (Å²) >= 11 is 0. The molecule has 26 heavy (non-hydrogen) atoms. The third kappa shape index (κ3) is 5.62. The van der Waals surface area contributed by atoms with Gasteiger partial charge < -0.3 is 14.8 Å². The zero-order valence-corrected chi connectivity index (χ0v) is 15.9. The Balaban J connectivity index is 1.87. The van der Waals surface area contributed by atoms with E-state index in [9.17, 15) is 9.59 Å². The van der Waals surface area contributed by atoms with Crippen LogP contribution in [0.5, 0.6) is 5.75 Å². The second-order valence-corrected chi connectivity index (χ2v) is 6.55. The van der Waals surface area contributed by atoms with Crippen molar-refractivity contribution in [1.82, 2.24) is 0 Å². The summed E-state index contributed by atoms with van der Waals surface area (Å²) in [5.41, 5.74) is 4.80. The van der Waals surface area contributed by atoms with Crippen LogP contribution in [0.4, 0.5) is 5.69 Å². The van der Waals surface area contributed by atoms with Crippen molar-refractivity contribution in [2.24, 2.45) is 0 Å². The summed E-state index contributed by atoms with van der Waals surface area (Å²) in [4.78, 5) is 24.2. The predicted octanol–water partition coefficient (Wildman–Crippen LogP) is 3.87. The molecule has 2 rings (SSSR count). The molecule has 1 amide bonds. The molecule has 138 valence electrons. The van der Waals surface area contributed by atoms with Crippen LogP contribution in [0.2, 0.25) is 0 Å². The molecule has 0 aliphatic carbocycles. The van der Waals surface area contributed by atoms with E-state index in [4.69, 9.17) is 9.47 Å². The summed E-state index contributed by atoms with van der Waals surface area (Å²) in [6.07, 6.45) is -0.912. The molecule has 0 heterocycles. The number of carbonyl (C=O) groups excluding carboxylic acids is 2. The van der Waals surface area contributed by atoms with Crippen molar-refractivity contribution in [3.05, 3.63) is 58.7 Å². The van der Waals surface area contributed by atoms with Crippen LogP contribution < -0.4 is 10.1 Å². The molecule has 0 unspecified atom stereocenters. The average Bonchev–Trinajstić information content (AvgIpc) is 2.55. The molecular weight excluding hydrogens is 330 g/mol. The third-order valence-electron chi connectivity index (χ3n) is 3.88. The van der Waals surface area contributed by atoms with Gasteiger partial charge in [-0.1, -0.05) is 18.2 Å². The zero-order valence-electron chi connectivity index (χ0n) is 15.9. The number of hydrogen-bond donors (Lipinski definition) is 1. The number of esters is 1. The van der Waals surface area contributed by atoms with Gasteiger partial charge in [0.05, 0.1) is 0 Å². The maximum Gasteiger partial charge on any atom is 0.344 e.